The first-order valence-corrected chi connectivity index (χ1v) is 5.20. The van der Waals surface area contributed by atoms with E-state index in [0.29, 0.717) is 0 Å². The van der Waals surface area contributed by atoms with E-state index in [-0.39, 0.29) is 54.8 Å². The predicted octanol–water partition coefficient (Wildman–Crippen LogP) is -9.07. The Hall–Kier alpha value is 1.93. The normalized spacial score (nSPS) is 9.47. The van der Waals surface area contributed by atoms with Crippen molar-refractivity contribution in [3.63, 3.8) is 0 Å². The van der Waals surface area contributed by atoms with Crippen LogP contribution in [0.15, 0.2) is 0 Å². The maximum absolute atomic E-state index is 9.25. The zero-order valence-electron chi connectivity index (χ0n) is 8.51. The Labute approximate surface area is 122 Å². The molecule has 0 aliphatic carbocycles. The zero-order valence-corrected chi connectivity index (χ0v) is 11.4. The molecule has 0 aromatic carbocycles. The Bertz CT molecular complexity index is 179. The molecule has 8 nitrogen and oxygen atoms in total. The third-order valence-electron chi connectivity index (χ3n) is 0.447. The molecule has 0 aliphatic heterocycles. The Morgan fingerprint density at radius 2 is 0.867 bits per heavy atom. The van der Waals surface area contributed by atoms with Crippen LogP contribution in [0, 0.1) is 0 Å². The molecule has 0 aromatic heterocycles. The van der Waals surface area contributed by atoms with Gasteiger partial charge in [-0.3, -0.25) is 0 Å². The molecule has 0 saturated heterocycles. The number of rotatable bonds is 2. The number of hydrogen-bond acceptors (Lipinski definition) is 8. The summed E-state index contributed by atoms with van der Waals surface area (Å²) in [7, 11) is -7.65. The molecule has 0 bridgehead atoms. The maximum atomic E-state index is 9.25. The van der Waals surface area contributed by atoms with E-state index in [4.69, 9.17) is 0 Å². The van der Waals surface area contributed by atoms with E-state index in [9.17, 15) is 28.7 Å². The summed E-state index contributed by atoms with van der Waals surface area (Å²) < 4.78 is 25.3. The Balaban J connectivity index is -0.0000000370. The summed E-state index contributed by atoms with van der Waals surface area (Å²) in [6, 6.07) is 0. The quantitative estimate of drug-likeness (QED) is 0.360. The van der Waals surface area contributed by atoms with Crippen molar-refractivity contribution >= 4 is 15.6 Å². The molecular weight excluding hydrogens is 284 g/mol. The average molecular weight is 290 g/mol. The zero-order chi connectivity index (χ0) is 10.4. The second kappa shape index (κ2) is 14.0. The third kappa shape index (κ3) is 49.1. The average Bonchev–Trinajstić information content (AvgIpc) is 1.86. The molecule has 0 rings (SSSR count). The van der Waals surface area contributed by atoms with Gasteiger partial charge in [0.2, 0.25) is 0 Å². The summed E-state index contributed by atoms with van der Waals surface area (Å²) in [6.07, 6.45) is 0. The molecule has 0 saturated carbocycles. The monoisotopic (exact) mass is 290 g/mol. The standard InChI is InChI=1S/2CH5O4P.Fe.2Li/c2*1-5-6(2,3)4;;;/h2*1H3,(H2,2,3,4);;;/q;;+2;2*+1/p-4. The first kappa shape index (κ1) is 30.2. The number of phosphoric ester groups is 2. The molecule has 0 radical (unpaired) electrons. The summed E-state index contributed by atoms with van der Waals surface area (Å²) in [4.78, 5) is 37.0. The van der Waals surface area contributed by atoms with Gasteiger partial charge in [-0.15, -0.1) is 0 Å². The van der Waals surface area contributed by atoms with Crippen molar-refractivity contribution in [2.45, 2.75) is 0 Å². The van der Waals surface area contributed by atoms with Crippen LogP contribution in [-0.4, -0.2) is 14.2 Å². The van der Waals surface area contributed by atoms with E-state index in [1.807, 2.05) is 0 Å². The predicted molar refractivity (Wildman–Crippen MR) is 29.2 cm³/mol. The molecule has 82 valence electrons. The molecule has 0 aromatic rings. The number of hydrogen-bond donors (Lipinski definition) is 0. The van der Waals surface area contributed by atoms with Crippen molar-refractivity contribution in [3.05, 3.63) is 0 Å². The van der Waals surface area contributed by atoms with Crippen molar-refractivity contribution in [3.8, 4) is 0 Å². The molecule has 0 spiro atoms. The maximum Gasteiger partial charge on any atom is 2.00 e. The van der Waals surface area contributed by atoms with Crippen LogP contribution in [-0.2, 0) is 35.2 Å². The van der Waals surface area contributed by atoms with Crippen molar-refractivity contribution in [1.29, 1.82) is 0 Å². The fourth-order valence-corrected chi connectivity index (χ4v) is 0. The van der Waals surface area contributed by atoms with E-state index >= 15 is 0 Å². The summed E-state index contributed by atoms with van der Waals surface area (Å²) in [5.74, 6) is 0. The van der Waals surface area contributed by atoms with Crippen LogP contribution < -0.4 is 57.3 Å². The van der Waals surface area contributed by atoms with Crippen LogP contribution in [0.3, 0.4) is 0 Å². The van der Waals surface area contributed by atoms with Crippen LogP contribution in [0.5, 0.6) is 0 Å². The van der Waals surface area contributed by atoms with Gasteiger partial charge < -0.3 is 37.8 Å². The molecule has 0 atom stereocenters. The van der Waals surface area contributed by atoms with Gasteiger partial charge in [0.1, 0.15) is 0 Å². The first-order chi connectivity index (χ1) is 5.12. The van der Waals surface area contributed by atoms with Crippen LogP contribution in [0.1, 0.15) is 0 Å². The third-order valence-corrected chi connectivity index (χ3v) is 1.34. The Morgan fingerprint density at radius 1 is 0.800 bits per heavy atom. The van der Waals surface area contributed by atoms with Crippen LogP contribution in [0.4, 0.5) is 0 Å². The topological polar surface area (TPSA) is 145 Å². The van der Waals surface area contributed by atoms with Crippen molar-refractivity contribution < 1.29 is 92.5 Å². The van der Waals surface area contributed by atoms with Gasteiger partial charge in [-0.1, -0.05) is 0 Å². The van der Waals surface area contributed by atoms with E-state index in [1.54, 1.807) is 0 Å². The minimum absolute atomic E-state index is 0. The van der Waals surface area contributed by atoms with E-state index in [2.05, 4.69) is 9.05 Å². The summed E-state index contributed by atoms with van der Waals surface area (Å²) in [6.45, 7) is 0. The van der Waals surface area contributed by atoms with Gasteiger partial charge in [-0.25, -0.2) is 0 Å². The summed E-state index contributed by atoms with van der Waals surface area (Å²) in [5, 5.41) is 0. The molecule has 0 unspecified atom stereocenters. The molecule has 0 amide bonds. The van der Waals surface area contributed by atoms with Crippen molar-refractivity contribution in [1.82, 2.24) is 0 Å². The van der Waals surface area contributed by atoms with Crippen LogP contribution in [0.2, 0.25) is 0 Å². The Morgan fingerprint density at radius 3 is 0.867 bits per heavy atom. The van der Waals surface area contributed by atoms with Gasteiger partial charge in [0.25, 0.3) is 0 Å². The molecule has 13 heteroatoms. The summed E-state index contributed by atoms with van der Waals surface area (Å²) in [5.41, 5.74) is 0. The minimum Gasteiger partial charge on any atom is -0.790 e. The molecular formula is C2H6FeLi2O8P2. The summed E-state index contributed by atoms with van der Waals surface area (Å²) >= 11 is 0. The van der Waals surface area contributed by atoms with Crippen molar-refractivity contribution in [2.75, 3.05) is 14.2 Å². The van der Waals surface area contributed by atoms with E-state index in [1.165, 1.54) is 0 Å². The minimum atomic E-state index is -4.65. The largest absolute Gasteiger partial charge is 2.00 e. The van der Waals surface area contributed by atoms with Gasteiger partial charge in [0.05, 0.1) is 15.6 Å². The van der Waals surface area contributed by atoms with E-state index < -0.39 is 15.6 Å². The number of phosphoric acid groups is 2. The Kier molecular flexibility index (Phi) is 28.2. The molecule has 0 fully saturated rings. The fourth-order valence-electron chi connectivity index (χ4n) is 0. The van der Waals surface area contributed by atoms with E-state index in [0.717, 1.165) is 14.2 Å². The molecule has 0 aliphatic rings. The van der Waals surface area contributed by atoms with Gasteiger partial charge in [-0.2, -0.15) is 0 Å². The molecule has 15 heavy (non-hydrogen) atoms. The van der Waals surface area contributed by atoms with Crippen molar-refractivity contribution in [2.24, 2.45) is 0 Å². The van der Waals surface area contributed by atoms with Crippen LogP contribution in [0.25, 0.3) is 0 Å². The first-order valence-electron chi connectivity index (χ1n) is 2.28. The fraction of sp³-hybridized carbons (Fsp3) is 1.00. The van der Waals surface area contributed by atoms with Gasteiger partial charge in [0.15, 0.2) is 0 Å². The molecule has 0 heterocycles. The smallest absolute Gasteiger partial charge is 0.790 e. The van der Waals surface area contributed by atoms with Gasteiger partial charge in [-0.05, 0) is 0 Å². The second-order valence-corrected chi connectivity index (χ2v) is 3.78. The SMILES string of the molecule is COP(=O)([O-])[O-].COP(=O)([O-])[O-].[Fe+2].[Li+].[Li+]. The van der Waals surface area contributed by atoms with Crippen LogP contribution >= 0.6 is 15.6 Å². The second-order valence-electron chi connectivity index (χ2n) is 1.26. The van der Waals surface area contributed by atoms with Gasteiger partial charge >= 0.3 is 54.8 Å². The molecule has 0 N–H and O–H groups in total. The van der Waals surface area contributed by atoms with Gasteiger partial charge in [0, 0.05) is 14.2 Å².